The van der Waals surface area contributed by atoms with E-state index < -0.39 is 5.97 Å². The zero-order valence-electron chi connectivity index (χ0n) is 8.91. The number of rotatable bonds is 4. The van der Waals surface area contributed by atoms with Crippen molar-refractivity contribution in [1.29, 1.82) is 0 Å². The summed E-state index contributed by atoms with van der Waals surface area (Å²) in [7, 11) is 0. The van der Waals surface area contributed by atoms with E-state index in [2.05, 4.69) is 9.97 Å². The first-order valence-corrected chi connectivity index (χ1v) is 4.98. The standard InChI is InChI=1S/C12H10N2O3/c15-12(16)7-9-2-1-3-10(6-9)17-11-4-5-13-8-14-11/h1-6,8H,7H2,(H,15,16). The van der Waals surface area contributed by atoms with Gasteiger partial charge in [0.1, 0.15) is 12.1 Å². The van der Waals surface area contributed by atoms with E-state index in [1.54, 1.807) is 36.5 Å². The molecule has 2 rings (SSSR count). The summed E-state index contributed by atoms with van der Waals surface area (Å²) in [5, 5.41) is 8.69. The van der Waals surface area contributed by atoms with E-state index in [0.717, 1.165) is 0 Å². The van der Waals surface area contributed by atoms with Gasteiger partial charge < -0.3 is 9.84 Å². The number of carboxylic acid groups (broad SMARTS) is 1. The lowest BCUT2D eigenvalue weighted by molar-refractivity contribution is -0.136. The molecule has 0 atom stereocenters. The van der Waals surface area contributed by atoms with E-state index in [1.807, 2.05) is 0 Å². The zero-order chi connectivity index (χ0) is 12.1. The lowest BCUT2D eigenvalue weighted by Crippen LogP contribution is -1.99. The molecule has 0 fully saturated rings. The highest BCUT2D eigenvalue weighted by Crippen LogP contribution is 2.19. The number of hydrogen-bond donors (Lipinski definition) is 1. The molecule has 1 aromatic carbocycles. The minimum atomic E-state index is -0.871. The first-order valence-electron chi connectivity index (χ1n) is 4.98. The van der Waals surface area contributed by atoms with Gasteiger partial charge in [-0.1, -0.05) is 12.1 Å². The van der Waals surface area contributed by atoms with Crippen LogP contribution in [0.15, 0.2) is 42.9 Å². The van der Waals surface area contributed by atoms with E-state index in [0.29, 0.717) is 17.2 Å². The van der Waals surface area contributed by atoms with Crippen molar-refractivity contribution in [3.63, 3.8) is 0 Å². The molecular weight excluding hydrogens is 220 g/mol. The largest absolute Gasteiger partial charge is 0.481 e. The first-order chi connectivity index (χ1) is 8.24. The van der Waals surface area contributed by atoms with Gasteiger partial charge in [0.25, 0.3) is 0 Å². The molecule has 1 aromatic heterocycles. The Labute approximate surface area is 97.7 Å². The van der Waals surface area contributed by atoms with Crippen LogP contribution >= 0.6 is 0 Å². The van der Waals surface area contributed by atoms with Crippen LogP contribution in [0.4, 0.5) is 0 Å². The number of aliphatic carboxylic acids is 1. The fourth-order valence-corrected chi connectivity index (χ4v) is 1.35. The Bertz CT molecular complexity index is 514. The zero-order valence-corrected chi connectivity index (χ0v) is 8.91. The van der Waals surface area contributed by atoms with Crippen LogP contribution in [-0.4, -0.2) is 21.0 Å². The molecule has 5 heteroatoms. The number of nitrogens with zero attached hydrogens (tertiary/aromatic N) is 2. The van der Waals surface area contributed by atoms with Gasteiger partial charge in [0, 0.05) is 12.3 Å². The van der Waals surface area contributed by atoms with Crippen molar-refractivity contribution < 1.29 is 14.6 Å². The highest BCUT2D eigenvalue weighted by molar-refractivity contribution is 5.70. The van der Waals surface area contributed by atoms with E-state index in [1.165, 1.54) is 6.33 Å². The van der Waals surface area contributed by atoms with Gasteiger partial charge in [-0.2, -0.15) is 0 Å². The van der Waals surface area contributed by atoms with E-state index in [9.17, 15) is 4.79 Å². The molecule has 0 spiro atoms. The highest BCUT2D eigenvalue weighted by atomic mass is 16.5. The van der Waals surface area contributed by atoms with Crippen LogP contribution in [0.3, 0.4) is 0 Å². The average Bonchev–Trinajstić information content (AvgIpc) is 2.30. The second-order valence-electron chi connectivity index (χ2n) is 3.37. The average molecular weight is 230 g/mol. The SMILES string of the molecule is O=C(O)Cc1cccc(Oc2ccncn2)c1. The maximum Gasteiger partial charge on any atom is 0.307 e. The van der Waals surface area contributed by atoms with Crippen LogP contribution in [0, 0.1) is 0 Å². The van der Waals surface area contributed by atoms with Crippen molar-refractivity contribution in [2.24, 2.45) is 0 Å². The molecule has 0 radical (unpaired) electrons. The third kappa shape index (κ3) is 3.27. The third-order valence-corrected chi connectivity index (χ3v) is 2.03. The summed E-state index contributed by atoms with van der Waals surface area (Å²) < 4.78 is 5.46. The predicted molar refractivity (Wildman–Crippen MR) is 59.9 cm³/mol. The molecule has 1 heterocycles. The molecule has 0 unspecified atom stereocenters. The summed E-state index contributed by atoms with van der Waals surface area (Å²) in [5.74, 6) is 0.110. The van der Waals surface area contributed by atoms with Gasteiger partial charge >= 0.3 is 5.97 Å². The topological polar surface area (TPSA) is 72.3 Å². The molecule has 1 N–H and O–H groups in total. The summed E-state index contributed by atoms with van der Waals surface area (Å²) >= 11 is 0. The molecule has 0 amide bonds. The Kier molecular flexibility index (Phi) is 3.30. The predicted octanol–water partition coefficient (Wildman–Crippen LogP) is 1.90. The second-order valence-corrected chi connectivity index (χ2v) is 3.37. The number of hydrogen-bond acceptors (Lipinski definition) is 4. The molecule has 0 aliphatic carbocycles. The number of benzene rings is 1. The number of ether oxygens (including phenoxy) is 1. The fourth-order valence-electron chi connectivity index (χ4n) is 1.35. The van der Waals surface area contributed by atoms with Gasteiger partial charge in [0.2, 0.25) is 5.88 Å². The fraction of sp³-hybridized carbons (Fsp3) is 0.0833. The smallest absolute Gasteiger partial charge is 0.307 e. The van der Waals surface area contributed by atoms with Crippen LogP contribution in [0.5, 0.6) is 11.6 Å². The van der Waals surface area contributed by atoms with Crippen molar-refractivity contribution in [3.05, 3.63) is 48.4 Å². The molecule has 0 aliphatic rings. The Balaban J connectivity index is 2.14. The number of carboxylic acids is 1. The maximum absolute atomic E-state index is 10.6. The summed E-state index contributed by atoms with van der Waals surface area (Å²) in [4.78, 5) is 18.3. The summed E-state index contributed by atoms with van der Waals surface area (Å²) in [6.45, 7) is 0. The third-order valence-electron chi connectivity index (χ3n) is 2.03. The van der Waals surface area contributed by atoms with Crippen molar-refractivity contribution in [2.45, 2.75) is 6.42 Å². The van der Waals surface area contributed by atoms with E-state index in [4.69, 9.17) is 9.84 Å². The van der Waals surface area contributed by atoms with Gasteiger partial charge in [-0.25, -0.2) is 9.97 Å². The molecule has 2 aromatic rings. The van der Waals surface area contributed by atoms with Gasteiger partial charge in [0.15, 0.2) is 0 Å². The van der Waals surface area contributed by atoms with Gasteiger partial charge in [0.05, 0.1) is 6.42 Å². The number of aromatic nitrogens is 2. The van der Waals surface area contributed by atoms with Crippen LogP contribution in [0.1, 0.15) is 5.56 Å². The monoisotopic (exact) mass is 230 g/mol. The van der Waals surface area contributed by atoms with Crippen LogP contribution in [0.2, 0.25) is 0 Å². The molecule has 17 heavy (non-hydrogen) atoms. The minimum Gasteiger partial charge on any atom is -0.481 e. The summed E-state index contributed by atoms with van der Waals surface area (Å²) in [5.41, 5.74) is 0.684. The lowest BCUT2D eigenvalue weighted by atomic mass is 10.1. The van der Waals surface area contributed by atoms with Gasteiger partial charge in [-0.05, 0) is 17.7 Å². The Morgan fingerprint density at radius 3 is 2.94 bits per heavy atom. The van der Waals surface area contributed by atoms with Crippen molar-refractivity contribution >= 4 is 5.97 Å². The van der Waals surface area contributed by atoms with Crippen molar-refractivity contribution in [3.8, 4) is 11.6 Å². The minimum absolute atomic E-state index is 0.0268. The van der Waals surface area contributed by atoms with Gasteiger partial charge in [-0.3, -0.25) is 4.79 Å². The first kappa shape index (κ1) is 11.1. The number of carbonyl (C=O) groups is 1. The quantitative estimate of drug-likeness (QED) is 0.868. The van der Waals surface area contributed by atoms with Crippen LogP contribution in [0.25, 0.3) is 0 Å². The van der Waals surface area contributed by atoms with Crippen LogP contribution < -0.4 is 4.74 Å². The second kappa shape index (κ2) is 5.07. The molecule has 0 saturated carbocycles. The van der Waals surface area contributed by atoms with Crippen molar-refractivity contribution in [2.75, 3.05) is 0 Å². The van der Waals surface area contributed by atoms with Crippen LogP contribution in [-0.2, 0) is 11.2 Å². The molecule has 0 saturated heterocycles. The highest BCUT2D eigenvalue weighted by Gasteiger charge is 2.03. The van der Waals surface area contributed by atoms with E-state index in [-0.39, 0.29) is 6.42 Å². The summed E-state index contributed by atoms with van der Waals surface area (Å²) in [6.07, 6.45) is 2.93. The molecule has 0 bridgehead atoms. The normalized spacial score (nSPS) is 9.88. The molecule has 5 nitrogen and oxygen atoms in total. The Hall–Kier alpha value is -2.43. The molecule has 0 aliphatic heterocycles. The maximum atomic E-state index is 10.6. The molecular formula is C12H10N2O3. The summed E-state index contributed by atoms with van der Waals surface area (Å²) in [6, 6.07) is 8.53. The molecule has 86 valence electrons. The van der Waals surface area contributed by atoms with E-state index >= 15 is 0 Å². The Morgan fingerprint density at radius 2 is 2.24 bits per heavy atom. The van der Waals surface area contributed by atoms with Gasteiger partial charge in [-0.15, -0.1) is 0 Å². The van der Waals surface area contributed by atoms with Crippen molar-refractivity contribution in [1.82, 2.24) is 9.97 Å². The lowest BCUT2D eigenvalue weighted by Gasteiger charge is -2.05. The Morgan fingerprint density at radius 1 is 1.35 bits per heavy atom.